The Hall–Kier alpha value is -2.88. The van der Waals surface area contributed by atoms with Crippen molar-refractivity contribution in [3.05, 3.63) is 11.8 Å². The summed E-state index contributed by atoms with van der Waals surface area (Å²) in [5.41, 5.74) is 1.21. The summed E-state index contributed by atoms with van der Waals surface area (Å²) in [6.45, 7) is 6.16. The molecule has 1 aliphatic rings. The number of nitrogens with one attached hydrogen (secondary N) is 2. The molecule has 0 radical (unpaired) electrons. The minimum Gasteiger partial charge on any atom is -0.385 e. The van der Waals surface area contributed by atoms with Crippen molar-refractivity contribution >= 4 is 35.2 Å². The average Bonchev–Trinajstić information content (AvgIpc) is 2.98. The first kappa shape index (κ1) is 20.4. The Morgan fingerprint density at radius 2 is 2.00 bits per heavy atom. The number of anilines is 1. The lowest BCUT2D eigenvalue weighted by Gasteiger charge is -2.17. The predicted molar refractivity (Wildman–Crippen MR) is 99.8 cm³/mol. The van der Waals surface area contributed by atoms with Gasteiger partial charge in [-0.1, -0.05) is 6.92 Å². The smallest absolute Gasteiger partial charge is 0.314 e. The number of aliphatic imine (C=N–C) groups is 2. The van der Waals surface area contributed by atoms with Crippen LogP contribution in [0.4, 0.5) is 5.82 Å². The molecule has 2 rings (SSSR count). The van der Waals surface area contributed by atoms with Gasteiger partial charge in [0.2, 0.25) is 0 Å². The van der Waals surface area contributed by atoms with Gasteiger partial charge in [-0.2, -0.15) is 14.8 Å². The lowest BCUT2D eigenvalue weighted by Crippen LogP contribution is -2.37. The SMILES string of the molecule is CCC1C(=O)N=C(n2nc(C)cc2NC(=O)C(=O)NCCCOC)N=C1C. The fourth-order valence-corrected chi connectivity index (χ4v) is 2.59. The van der Waals surface area contributed by atoms with Crippen molar-refractivity contribution in [2.75, 3.05) is 25.6 Å². The first-order chi connectivity index (χ1) is 12.9. The van der Waals surface area contributed by atoms with Gasteiger partial charge in [0.1, 0.15) is 5.82 Å². The van der Waals surface area contributed by atoms with Gasteiger partial charge in [0.15, 0.2) is 0 Å². The third-order valence-electron chi connectivity index (χ3n) is 3.98. The van der Waals surface area contributed by atoms with Gasteiger partial charge in [-0.3, -0.25) is 14.4 Å². The summed E-state index contributed by atoms with van der Waals surface area (Å²) in [7, 11) is 1.56. The fraction of sp³-hybridized carbons (Fsp3) is 0.529. The third kappa shape index (κ3) is 5.07. The standard InChI is InChI=1S/C17H24N6O4/c1-5-12-11(3)19-17(21-14(12)24)23-13(9-10(2)22-23)20-16(26)15(25)18-7-6-8-27-4/h9,12H,5-8H2,1-4H3,(H,18,25)(H,20,26). The number of methoxy groups -OCH3 is 1. The minimum atomic E-state index is -0.844. The Morgan fingerprint density at radius 1 is 1.26 bits per heavy atom. The molecule has 1 aromatic rings. The summed E-state index contributed by atoms with van der Waals surface area (Å²) < 4.78 is 6.13. The van der Waals surface area contributed by atoms with Crippen molar-refractivity contribution in [1.82, 2.24) is 15.1 Å². The van der Waals surface area contributed by atoms with Crippen molar-refractivity contribution in [3.63, 3.8) is 0 Å². The van der Waals surface area contributed by atoms with Crippen LogP contribution in [0.5, 0.6) is 0 Å². The molecule has 146 valence electrons. The summed E-state index contributed by atoms with van der Waals surface area (Å²) in [4.78, 5) is 44.5. The molecule has 3 amide bonds. The van der Waals surface area contributed by atoms with Gasteiger partial charge >= 0.3 is 11.8 Å². The summed E-state index contributed by atoms with van der Waals surface area (Å²) in [5.74, 6) is -2.00. The predicted octanol–water partition coefficient (Wildman–Crippen LogP) is 0.514. The number of hydrogen-bond acceptors (Lipinski definition) is 6. The topological polar surface area (TPSA) is 127 Å². The molecule has 2 N–H and O–H groups in total. The highest BCUT2D eigenvalue weighted by Gasteiger charge is 2.27. The first-order valence-corrected chi connectivity index (χ1v) is 8.70. The first-order valence-electron chi connectivity index (χ1n) is 8.70. The average molecular weight is 376 g/mol. The summed E-state index contributed by atoms with van der Waals surface area (Å²) in [5, 5.41) is 9.20. The van der Waals surface area contributed by atoms with E-state index in [4.69, 9.17) is 4.74 Å². The molecular formula is C17H24N6O4. The van der Waals surface area contributed by atoms with Crippen LogP contribution in [0.25, 0.3) is 0 Å². The highest BCUT2D eigenvalue weighted by atomic mass is 16.5. The summed E-state index contributed by atoms with van der Waals surface area (Å²) in [6, 6.07) is 1.57. The lowest BCUT2D eigenvalue weighted by atomic mass is 10.00. The molecule has 0 saturated carbocycles. The molecular weight excluding hydrogens is 352 g/mol. The second kappa shape index (κ2) is 9.17. The van der Waals surface area contributed by atoms with E-state index in [1.807, 2.05) is 6.92 Å². The van der Waals surface area contributed by atoms with E-state index in [0.717, 1.165) is 0 Å². The zero-order valence-electron chi connectivity index (χ0n) is 15.9. The number of aromatic nitrogens is 2. The van der Waals surface area contributed by atoms with Gasteiger partial charge in [0, 0.05) is 32.0 Å². The van der Waals surface area contributed by atoms with Crippen LogP contribution >= 0.6 is 0 Å². The molecule has 0 saturated heterocycles. The van der Waals surface area contributed by atoms with Gasteiger partial charge in [0.05, 0.1) is 11.6 Å². The number of rotatable bonds is 6. The number of carbonyl (C=O) groups excluding carboxylic acids is 3. The number of ether oxygens (including phenoxy) is 1. The monoisotopic (exact) mass is 376 g/mol. The second-order valence-corrected chi connectivity index (χ2v) is 6.10. The van der Waals surface area contributed by atoms with Gasteiger partial charge in [-0.05, 0) is 26.7 Å². The van der Waals surface area contributed by atoms with Crippen LogP contribution in [-0.2, 0) is 19.1 Å². The van der Waals surface area contributed by atoms with Crippen LogP contribution in [0.15, 0.2) is 16.1 Å². The molecule has 1 aromatic heterocycles. The maximum Gasteiger partial charge on any atom is 0.314 e. The number of carbonyl (C=O) groups is 3. The van der Waals surface area contributed by atoms with Crippen molar-refractivity contribution in [2.45, 2.75) is 33.6 Å². The third-order valence-corrected chi connectivity index (χ3v) is 3.98. The number of nitrogens with zero attached hydrogens (tertiary/aromatic N) is 4. The molecule has 1 unspecified atom stereocenters. The zero-order valence-corrected chi connectivity index (χ0v) is 15.9. The molecule has 10 nitrogen and oxygen atoms in total. The molecule has 1 atom stereocenters. The Balaban J connectivity index is 2.13. The summed E-state index contributed by atoms with van der Waals surface area (Å²) >= 11 is 0. The van der Waals surface area contributed by atoms with Gasteiger partial charge in [-0.25, -0.2) is 4.99 Å². The largest absolute Gasteiger partial charge is 0.385 e. The van der Waals surface area contributed by atoms with Crippen molar-refractivity contribution in [3.8, 4) is 0 Å². The quantitative estimate of drug-likeness (QED) is 0.552. The van der Waals surface area contributed by atoms with Crippen molar-refractivity contribution in [1.29, 1.82) is 0 Å². The normalized spacial score (nSPS) is 16.6. The lowest BCUT2D eigenvalue weighted by molar-refractivity contribution is -0.136. The maximum absolute atomic E-state index is 12.2. The van der Waals surface area contributed by atoms with E-state index in [1.165, 1.54) is 4.68 Å². The van der Waals surface area contributed by atoms with E-state index in [-0.39, 0.29) is 23.6 Å². The molecule has 0 aromatic carbocycles. The van der Waals surface area contributed by atoms with E-state index in [9.17, 15) is 14.4 Å². The molecule has 0 bridgehead atoms. The van der Waals surface area contributed by atoms with E-state index < -0.39 is 11.8 Å². The van der Waals surface area contributed by atoms with E-state index in [2.05, 4.69) is 25.7 Å². The Morgan fingerprint density at radius 3 is 2.63 bits per heavy atom. The van der Waals surface area contributed by atoms with Crippen LogP contribution in [-0.4, -0.2) is 59.4 Å². The minimum absolute atomic E-state index is 0.0612. The number of hydrogen-bond donors (Lipinski definition) is 2. The fourth-order valence-electron chi connectivity index (χ4n) is 2.59. The Labute approximate surface area is 157 Å². The molecule has 0 spiro atoms. The van der Waals surface area contributed by atoms with E-state index >= 15 is 0 Å². The number of aryl methyl sites for hydroxylation is 1. The molecule has 0 fully saturated rings. The van der Waals surface area contributed by atoms with Crippen LogP contribution in [0.3, 0.4) is 0 Å². The van der Waals surface area contributed by atoms with Crippen LogP contribution < -0.4 is 10.6 Å². The van der Waals surface area contributed by atoms with Gasteiger partial charge in [0.25, 0.3) is 11.9 Å². The zero-order chi connectivity index (χ0) is 20.0. The van der Waals surface area contributed by atoms with Crippen LogP contribution in [0.1, 0.15) is 32.4 Å². The van der Waals surface area contributed by atoms with Crippen molar-refractivity contribution < 1.29 is 19.1 Å². The number of amides is 3. The highest BCUT2D eigenvalue weighted by molar-refractivity contribution is 6.39. The highest BCUT2D eigenvalue weighted by Crippen LogP contribution is 2.17. The van der Waals surface area contributed by atoms with E-state index in [1.54, 1.807) is 27.0 Å². The van der Waals surface area contributed by atoms with Gasteiger partial charge in [-0.15, -0.1) is 0 Å². The Bertz CT molecular complexity index is 795. The summed E-state index contributed by atoms with van der Waals surface area (Å²) in [6.07, 6.45) is 1.20. The Kier molecular flexibility index (Phi) is 6.94. The van der Waals surface area contributed by atoms with Crippen LogP contribution in [0.2, 0.25) is 0 Å². The molecule has 2 heterocycles. The van der Waals surface area contributed by atoms with E-state index in [0.29, 0.717) is 37.4 Å². The van der Waals surface area contributed by atoms with Crippen LogP contribution in [0, 0.1) is 12.8 Å². The second-order valence-electron chi connectivity index (χ2n) is 6.10. The molecule has 27 heavy (non-hydrogen) atoms. The molecule has 1 aliphatic heterocycles. The molecule has 10 heteroatoms. The molecule has 0 aliphatic carbocycles. The van der Waals surface area contributed by atoms with Crippen molar-refractivity contribution in [2.24, 2.45) is 15.9 Å². The maximum atomic E-state index is 12.2. The van der Waals surface area contributed by atoms with Gasteiger partial charge < -0.3 is 15.4 Å².